The number of fused-ring (bicyclic) bond motifs is 1. The van der Waals surface area contributed by atoms with E-state index in [1.807, 2.05) is 0 Å². The van der Waals surface area contributed by atoms with Gasteiger partial charge in [0.05, 0.1) is 10.9 Å². The highest BCUT2D eigenvalue weighted by molar-refractivity contribution is 7.45. The molecule has 1 atom stereocenters. The first-order chi connectivity index (χ1) is 12.0. The summed E-state index contributed by atoms with van der Waals surface area (Å²) in [4.78, 5) is 61.8. The molecule has 1 unspecified atom stereocenters. The van der Waals surface area contributed by atoms with Gasteiger partial charge in [-0.2, -0.15) is 0 Å². The smallest absolute Gasteiger partial charge is 0.398 e. The zero-order valence-electron chi connectivity index (χ0n) is 13.6. The fourth-order valence-electron chi connectivity index (χ4n) is 2.67. The third-order valence-corrected chi connectivity index (χ3v) is 3.66. The Morgan fingerprint density at radius 1 is 1.27 bits per heavy atom. The van der Waals surface area contributed by atoms with Gasteiger partial charge in [0.2, 0.25) is 11.8 Å². The van der Waals surface area contributed by atoms with Crippen molar-refractivity contribution in [1.29, 1.82) is 0 Å². The van der Waals surface area contributed by atoms with Crippen LogP contribution in [0.3, 0.4) is 0 Å². The van der Waals surface area contributed by atoms with E-state index in [1.165, 1.54) is 4.57 Å². The van der Waals surface area contributed by atoms with Crippen LogP contribution in [-0.4, -0.2) is 36.0 Å². The lowest BCUT2D eigenvalue weighted by Crippen LogP contribution is -2.45. The van der Waals surface area contributed by atoms with Crippen LogP contribution in [0.15, 0.2) is 23.0 Å². The van der Waals surface area contributed by atoms with Crippen LogP contribution in [0.25, 0.3) is 10.9 Å². The van der Waals surface area contributed by atoms with Crippen molar-refractivity contribution in [2.24, 2.45) is 0 Å². The van der Waals surface area contributed by atoms with E-state index in [-0.39, 0.29) is 24.3 Å². The molecule has 0 bridgehead atoms. The van der Waals surface area contributed by atoms with E-state index in [2.05, 4.69) is 10.3 Å². The van der Waals surface area contributed by atoms with Crippen LogP contribution in [0.2, 0.25) is 0 Å². The van der Waals surface area contributed by atoms with Crippen LogP contribution in [0.4, 0.5) is 5.69 Å². The Morgan fingerprint density at radius 3 is 2.46 bits per heavy atom. The van der Waals surface area contributed by atoms with Gasteiger partial charge in [-0.05, 0) is 25.5 Å². The summed E-state index contributed by atoms with van der Waals surface area (Å²) in [5.74, 6) is -0.380. The molecule has 3 rings (SSSR count). The Morgan fingerprint density at radius 2 is 1.88 bits per heavy atom. The highest BCUT2D eigenvalue weighted by Crippen LogP contribution is 2.26. The predicted molar refractivity (Wildman–Crippen MR) is 90.8 cm³/mol. The molecule has 1 aliphatic heterocycles. The average molecular weight is 384 g/mol. The number of nitrogens with two attached hydrogens (primary N) is 1. The van der Waals surface area contributed by atoms with Crippen LogP contribution < -0.4 is 16.6 Å². The van der Waals surface area contributed by atoms with Gasteiger partial charge in [0.15, 0.2) is 0 Å². The van der Waals surface area contributed by atoms with Crippen molar-refractivity contribution in [3.05, 3.63) is 34.4 Å². The number of nitrogens with zero attached hydrogens (tertiary/aromatic N) is 2. The third kappa shape index (κ3) is 4.52. The summed E-state index contributed by atoms with van der Waals surface area (Å²) in [6.07, 6.45) is 0.482. The van der Waals surface area contributed by atoms with Crippen molar-refractivity contribution < 1.29 is 28.8 Å². The highest BCUT2D eigenvalue weighted by Gasteiger charge is 2.30. The Bertz CT molecular complexity index is 973. The number of hydrogen-bond acceptors (Lipinski definition) is 6. The Balaban J connectivity index is 0.000000431. The fourth-order valence-corrected chi connectivity index (χ4v) is 2.67. The zero-order valence-corrected chi connectivity index (χ0v) is 14.5. The van der Waals surface area contributed by atoms with Crippen LogP contribution in [0.5, 0.6) is 0 Å². The molecule has 0 radical (unpaired) electrons. The Kier molecular flexibility index (Phi) is 5.57. The maximum atomic E-state index is 12.7. The SMILES string of the molecule is Cc1nc2cccc(N)c2c(=O)n1C1CCC(=O)NC1=O.O=P(O)(O)O. The van der Waals surface area contributed by atoms with Crippen LogP contribution in [-0.2, 0) is 14.2 Å². The van der Waals surface area contributed by atoms with Gasteiger partial charge in [-0.3, -0.25) is 24.3 Å². The van der Waals surface area contributed by atoms with Crippen molar-refractivity contribution in [3.8, 4) is 0 Å². The average Bonchev–Trinajstić information content (AvgIpc) is 2.47. The molecule has 2 amide bonds. The van der Waals surface area contributed by atoms with Crippen LogP contribution >= 0.6 is 7.82 Å². The molecular formula is C14H17N4O7P. The second kappa shape index (κ2) is 7.34. The van der Waals surface area contributed by atoms with Gasteiger partial charge in [-0.1, -0.05) is 6.07 Å². The van der Waals surface area contributed by atoms with Gasteiger partial charge in [-0.15, -0.1) is 0 Å². The van der Waals surface area contributed by atoms with Gasteiger partial charge < -0.3 is 20.4 Å². The number of aromatic nitrogens is 2. The third-order valence-electron chi connectivity index (χ3n) is 3.66. The minimum atomic E-state index is -4.64. The minimum Gasteiger partial charge on any atom is -0.398 e. The van der Waals surface area contributed by atoms with Crippen molar-refractivity contribution in [3.63, 3.8) is 0 Å². The number of rotatable bonds is 1. The summed E-state index contributed by atoms with van der Waals surface area (Å²) in [6, 6.07) is 4.32. The first-order valence-corrected chi connectivity index (χ1v) is 8.95. The molecule has 12 heteroatoms. The zero-order chi connectivity index (χ0) is 19.6. The molecular weight excluding hydrogens is 367 g/mol. The van der Waals surface area contributed by atoms with Gasteiger partial charge >= 0.3 is 7.82 Å². The van der Waals surface area contributed by atoms with Crippen molar-refractivity contribution in [1.82, 2.24) is 14.9 Å². The van der Waals surface area contributed by atoms with E-state index in [1.54, 1.807) is 25.1 Å². The topological polar surface area (TPSA) is 185 Å². The van der Waals surface area contributed by atoms with E-state index in [9.17, 15) is 14.4 Å². The highest BCUT2D eigenvalue weighted by atomic mass is 31.2. The molecule has 1 fully saturated rings. The molecule has 1 aromatic carbocycles. The maximum Gasteiger partial charge on any atom is 0.466 e. The molecule has 2 aromatic rings. The second-order valence-electron chi connectivity index (χ2n) is 5.56. The molecule has 140 valence electrons. The predicted octanol–water partition coefficient (Wildman–Crippen LogP) is -0.664. The lowest BCUT2D eigenvalue weighted by molar-refractivity contribution is -0.135. The van der Waals surface area contributed by atoms with Crippen LogP contribution in [0, 0.1) is 6.92 Å². The van der Waals surface area contributed by atoms with Gasteiger partial charge in [0.1, 0.15) is 11.9 Å². The van der Waals surface area contributed by atoms with Crippen molar-refractivity contribution in [2.45, 2.75) is 25.8 Å². The minimum absolute atomic E-state index is 0.199. The number of aryl methyl sites for hydroxylation is 1. The number of anilines is 1. The molecule has 2 heterocycles. The molecule has 0 aliphatic carbocycles. The molecule has 0 saturated carbocycles. The molecule has 11 nitrogen and oxygen atoms in total. The van der Waals surface area contributed by atoms with E-state index >= 15 is 0 Å². The van der Waals surface area contributed by atoms with E-state index in [4.69, 9.17) is 25.0 Å². The summed E-state index contributed by atoms with van der Waals surface area (Å²) in [5.41, 5.74) is 6.32. The summed E-state index contributed by atoms with van der Waals surface area (Å²) in [6.45, 7) is 1.66. The first-order valence-electron chi connectivity index (χ1n) is 7.38. The Labute approximate surface area is 146 Å². The number of nitrogen functional groups attached to an aromatic ring is 1. The van der Waals surface area contributed by atoms with Gasteiger partial charge in [-0.25, -0.2) is 9.55 Å². The number of amides is 2. The fraction of sp³-hybridized carbons (Fsp3) is 0.286. The Hall–Kier alpha value is -2.59. The molecule has 0 spiro atoms. The standard InChI is InChI=1S/C14H14N4O3.H3O4P/c1-7-16-9-4-2-3-8(15)12(9)14(21)18(7)10-5-6-11(19)17-13(10)20;1-5(2,3)4/h2-4,10H,5-6,15H2,1H3,(H,17,19,20);(H3,1,2,3,4). The number of phosphoric acid groups is 1. The molecule has 6 N–H and O–H groups in total. The maximum absolute atomic E-state index is 12.7. The summed E-state index contributed by atoms with van der Waals surface area (Å²) >= 11 is 0. The first kappa shape index (κ1) is 19.7. The largest absolute Gasteiger partial charge is 0.466 e. The van der Waals surface area contributed by atoms with Gasteiger partial charge in [0.25, 0.3) is 5.56 Å². The molecule has 1 aliphatic rings. The molecule has 1 saturated heterocycles. The van der Waals surface area contributed by atoms with Crippen molar-refractivity contribution >= 4 is 36.2 Å². The van der Waals surface area contributed by atoms with E-state index in [0.717, 1.165) is 0 Å². The monoisotopic (exact) mass is 384 g/mol. The number of benzene rings is 1. The van der Waals surface area contributed by atoms with Gasteiger partial charge in [0, 0.05) is 12.1 Å². The molecule has 26 heavy (non-hydrogen) atoms. The van der Waals surface area contributed by atoms with E-state index < -0.39 is 19.8 Å². The van der Waals surface area contributed by atoms with Crippen molar-refractivity contribution in [2.75, 3.05) is 5.73 Å². The number of carbonyl (C=O) groups excluding carboxylic acids is 2. The number of piperidine rings is 1. The van der Waals surface area contributed by atoms with E-state index in [0.29, 0.717) is 22.4 Å². The number of carbonyl (C=O) groups is 2. The lowest BCUT2D eigenvalue weighted by Gasteiger charge is -2.24. The number of hydrogen-bond donors (Lipinski definition) is 5. The summed E-state index contributed by atoms with van der Waals surface area (Å²) in [5, 5.41) is 2.55. The lowest BCUT2D eigenvalue weighted by atomic mass is 10.1. The summed E-state index contributed by atoms with van der Waals surface area (Å²) < 4.78 is 10.2. The molecule has 1 aromatic heterocycles. The quantitative estimate of drug-likeness (QED) is 0.242. The van der Waals surface area contributed by atoms with Crippen LogP contribution in [0.1, 0.15) is 24.7 Å². The normalized spacial score (nSPS) is 17.5. The summed E-state index contributed by atoms with van der Waals surface area (Å²) in [7, 11) is -4.64. The second-order valence-corrected chi connectivity index (χ2v) is 6.58. The number of imide groups is 1. The number of nitrogens with one attached hydrogen (secondary N) is 1.